The number of hydrogen-bond acceptors (Lipinski definition) is 3. The summed E-state index contributed by atoms with van der Waals surface area (Å²) in [4.78, 5) is 19.4. The number of aliphatic hydroxyl groups excluding tert-OH is 1. The van der Waals surface area contributed by atoms with E-state index in [1.54, 1.807) is 0 Å². The molecule has 5 nitrogen and oxygen atoms in total. The van der Waals surface area contributed by atoms with Crippen molar-refractivity contribution >= 4 is 11.9 Å². The molecule has 0 aliphatic heterocycles. The van der Waals surface area contributed by atoms with Crippen LogP contribution >= 0.6 is 0 Å². The summed E-state index contributed by atoms with van der Waals surface area (Å²) in [6.07, 6.45) is -2.54. The fourth-order valence-electron chi connectivity index (χ4n) is 0.253. The van der Waals surface area contributed by atoms with Gasteiger partial charge in [-0.25, -0.2) is 4.79 Å². The number of rotatable bonds is 3. The van der Waals surface area contributed by atoms with E-state index in [2.05, 4.69) is 0 Å². The minimum absolute atomic E-state index is 0. The second-order valence-corrected chi connectivity index (χ2v) is 1.45. The second kappa shape index (κ2) is 9.62. The normalized spacial score (nSPS) is 10.3. The molecule has 0 spiro atoms. The van der Waals surface area contributed by atoms with Crippen molar-refractivity contribution in [2.75, 3.05) is 0 Å². The Hall–Kier alpha value is 1.54. The molecule has 1 unspecified atom stereocenters. The Labute approximate surface area is 131 Å². The quantitative estimate of drug-likeness (QED) is 0.392. The summed E-state index contributed by atoms with van der Waals surface area (Å²) in [5, 5.41) is 24.1. The summed E-state index contributed by atoms with van der Waals surface area (Å²) in [6.45, 7) is 0. The third kappa shape index (κ3) is 11.5. The van der Waals surface area contributed by atoms with Gasteiger partial charge in [0.2, 0.25) is 0 Å². The van der Waals surface area contributed by atoms with Crippen LogP contribution in [0.1, 0.15) is 9.27 Å². The van der Waals surface area contributed by atoms with Crippen molar-refractivity contribution in [1.29, 1.82) is 0 Å². The maximum atomic E-state index is 9.72. The molecule has 3 N–H and O–H groups in total. The summed E-state index contributed by atoms with van der Waals surface area (Å²) < 4.78 is 0. The smallest absolute Gasteiger partial charge is 1.00 e. The third-order valence-corrected chi connectivity index (χ3v) is 0.653. The molecular weight excluding hydrogens is 190 g/mol. The van der Waals surface area contributed by atoms with Crippen LogP contribution in [0.4, 0.5) is 0 Å². The fourth-order valence-corrected chi connectivity index (χ4v) is 0.253. The van der Waals surface area contributed by atoms with Gasteiger partial charge in [-0.15, -0.1) is 0 Å². The molecule has 0 bridgehead atoms. The maximum Gasteiger partial charge on any atom is 1.00 e. The minimum atomic E-state index is -1.79. The molecule has 56 valence electrons. The molecule has 0 saturated carbocycles. The van der Waals surface area contributed by atoms with E-state index in [9.17, 15) is 9.59 Å². The molecule has 0 saturated heterocycles. The van der Waals surface area contributed by atoms with Crippen LogP contribution in [-0.4, -0.2) is 33.4 Å². The number of aliphatic carboxylic acids is 2. The van der Waals surface area contributed by atoms with Crippen molar-refractivity contribution in [3.8, 4) is 0 Å². The SMILES string of the molecule is O=C(O)CC(O)C(=O)O.[H-].[H-].[K+].[Na+]. The number of aliphatic hydroxyl groups is 1. The molecule has 0 aliphatic rings. The molecule has 1 atom stereocenters. The van der Waals surface area contributed by atoms with E-state index in [1.807, 2.05) is 0 Å². The maximum absolute atomic E-state index is 9.72. The molecule has 0 aromatic rings. The van der Waals surface area contributed by atoms with Gasteiger partial charge < -0.3 is 18.2 Å². The number of carbonyl (C=O) groups is 2. The molecule has 0 rings (SSSR count). The van der Waals surface area contributed by atoms with Gasteiger partial charge in [0.05, 0.1) is 6.42 Å². The zero-order chi connectivity index (χ0) is 7.44. The topological polar surface area (TPSA) is 94.8 Å². The van der Waals surface area contributed by atoms with Gasteiger partial charge in [-0.2, -0.15) is 0 Å². The monoisotopic (exact) mass is 198 g/mol. The first-order chi connectivity index (χ1) is 4.04. The van der Waals surface area contributed by atoms with E-state index in [1.165, 1.54) is 0 Å². The molecule has 7 heteroatoms. The number of carboxylic acid groups (broad SMARTS) is 2. The third-order valence-electron chi connectivity index (χ3n) is 0.653. The first kappa shape index (κ1) is 18.3. The Balaban J connectivity index is -0.0000000533. The molecule has 0 aromatic heterocycles. The zero-order valence-corrected chi connectivity index (χ0v) is 11.6. The Bertz CT molecular complexity index is 146. The summed E-state index contributed by atoms with van der Waals surface area (Å²) in [6, 6.07) is 0. The summed E-state index contributed by atoms with van der Waals surface area (Å²) in [5.41, 5.74) is 0. The summed E-state index contributed by atoms with van der Waals surface area (Å²) in [7, 11) is 0. The van der Waals surface area contributed by atoms with Crippen LogP contribution in [0.25, 0.3) is 0 Å². The molecule has 0 aliphatic carbocycles. The van der Waals surface area contributed by atoms with Gasteiger partial charge in [0.15, 0.2) is 6.10 Å². The Morgan fingerprint density at radius 2 is 1.73 bits per heavy atom. The summed E-state index contributed by atoms with van der Waals surface area (Å²) >= 11 is 0. The van der Waals surface area contributed by atoms with Gasteiger partial charge in [-0.3, -0.25) is 4.79 Å². The van der Waals surface area contributed by atoms with Crippen LogP contribution < -0.4 is 80.9 Å². The molecule has 0 heterocycles. The molecule has 11 heavy (non-hydrogen) atoms. The van der Waals surface area contributed by atoms with Crippen molar-refractivity contribution < 1.29 is 109 Å². The Kier molecular flexibility index (Phi) is 16.0. The second-order valence-electron chi connectivity index (χ2n) is 1.45. The van der Waals surface area contributed by atoms with Gasteiger partial charge in [-0.05, 0) is 0 Å². The van der Waals surface area contributed by atoms with E-state index in [0.717, 1.165) is 0 Å². The predicted molar refractivity (Wildman–Crippen MR) is 28.1 cm³/mol. The van der Waals surface area contributed by atoms with E-state index >= 15 is 0 Å². The van der Waals surface area contributed by atoms with Gasteiger partial charge in [0.25, 0.3) is 0 Å². The Morgan fingerprint density at radius 3 is 1.82 bits per heavy atom. The van der Waals surface area contributed by atoms with Gasteiger partial charge in [0, 0.05) is 0 Å². The van der Waals surface area contributed by atoms with Crippen molar-refractivity contribution in [3.63, 3.8) is 0 Å². The molecule has 0 aromatic carbocycles. The molecular formula is C4H8KNaO5. The molecule has 0 amide bonds. The van der Waals surface area contributed by atoms with Crippen LogP contribution in [0.3, 0.4) is 0 Å². The van der Waals surface area contributed by atoms with Crippen LogP contribution in [0.15, 0.2) is 0 Å². The van der Waals surface area contributed by atoms with E-state index in [0.29, 0.717) is 0 Å². The van der Waals surface area contributed by atoms with Crippen LogP contribution in [0, 0.1) is 0 Å². The van der Waals surface area contributed by atoms with E-state index in [4.69, 9.17) is 15.3 Å². The average Bonchev–Trinajstić information content (AvgIpc) is 1.63. The fraction of sp³-hybridized carbons (Fsp3) is 0.500. The number of hydrogen-bond donors (Lipinski definition) is 3. The minimum Gasteiger partial charge on any atom is -1.00 e. The summed E-state index contributed by atoms with van der Waals surface area (Å²) in [5.74, 6) is -2.85. The van der Waals surface area contributed by atoms with Crippen molar-refractivity contribution in [1.82, 2.24) is 0 Å². The van der Waals surface area contributed by atoms with Gasteiger partial charge >= 0.3 is 92.9 Å². The van der Waals surface area contributed by atoms with Crippen molar-refractivity contribution in [3.05, 3.63) is 0 Å². The van der Waals surface area contributed by atoms with Gasteiger partial charge in [-0.1, -0.05) is 0 Å². The predicted octanol–water partition coefficient (Wildman–Crippen LogP) is -6.86. The Morgan fingerprint density at radius 1 is 1.36 bits per heavy atom. The largest absolute Gasteiger partial charge is 1.00 e. The molecule has 0 radical (unpaired) electrons. The standard InChI is InChI=1S/C4H6O5.K.Na.2H/c5-2(4(8)9)1-3(6)7;;;;/h2,5H,1H2,(H,6,7)(H,8,9);;;;/q;2*+1;2*-1. The van der Waals surface area contributed by atoms with Crippen molar-refractivity contribution in [2.24, 2.45) is 0 Å². The first-order valence-electron chi connectivity index (χ1n) is 2.16. The average molecular weight is 198 g/mol. The molecule has 0 fully saturated rings. The first-order valence-corrected chi connectivity index (χ1v) is 2.16. The van der Waals surface area contributed by atoms with Crippen LogP contribution in [-0.2, 0) is 9.59 Å². The van der Waals surface area contributed by atoms with Crippen LogP contribution in [0.5, 0.6) is 0 Å². The number of carboxylic acids is 2. The van der Waals surface area contributed by atoms with Gasteiger partial charge in [0.1, 0.15) is 0 Å². The van der Waals surface area contributed by atoms with Crippen molar-refractivity contribution in [2.45, 2.75) is 12.5 Å². The van der Waals surface area contributed by atoms with E-state index < -0.39 is 24.5 Å². The van der Waals surface area contributed by atoms with E-state index in [-0.39, 0.29) is 83.8 Å². The van der Waals surface area contributed by atoms with Crippen LogP contribution in [0.2, 0.25) is 0 Å². The zero-order valence-electron chi connectivity index (χ0n) is 8.44.